The van der Waals surface area contributed by atoms with Crippen LogP contribution >= 0.6 is 0 Å². The van der Waals surface area contributed by atoms with Crippen LogP contribution in [0, 0.1) is 29.1 Å². The van der Waals surface area contributed by atoms with Gasteiger partial charge in [-0.25, -0.2) is 0 Å². The van der Waals surface area contributed by atoms with Crippen molar-refractivity contribution in [1.82, 2.24) is 4.90 Å². The summed E-state index contributed by atoms with van der Waals surface area (Å²) in [5.74, 6) is 3.04. The zero-order valence-corrected chi connectivity index (χ0v) is 15.1. The van der Waals surface area contributed by atoms with Gasteiger partial charge in [-0.15, -0.1) is 0 Å². The van der Waals surface area contributed by atoms with E-state index in [0.29, 0.717) is 24.0 Å². The fourth-order valence-electron chi connectivity index (χ4n) is 6.61. The van der Waals surface area contributed by atoms with Crippen molar-refractivity contribution in [2.75, 3.05) is 13.7 Å². The molecule has 0 spiro atoms. The van der Waals surface area contributed by atoms with Crippen LogP contribution in [0.4, 0.5) is 0 Å². The molecule has 4 aliphatic rings. The van der Waals surface area contributed by atoms with Gasteiger partial charge >= 0.3 is 0 Å². The number of fused-ring (bicyclic) bond motifs is 2. The molecule has 0 aromatic heterocycles. The van der Waals surface area contributed by atoms with Crippen LogP contribution in [0.25, 0.3) is 0 Å². The van der Waals surface area contributed by atoms with Crippen LogP contribution in [-0.4, -0.2) is 36.6 Å². The predicted octanol–water partition coefficient (Wildman–Crippen LogP) is 3.86. The van der Waals surface area contributed by atoms with Gasteiger partial charge in [0.2, 0.25) is 5.91 Å². The highest BCUT2D eigenvalue weighted by Crippen LogP contribution is 2.54. The first-order valence-corrected chi connectivity index (χ1v) is 9.88. The van der Waals surface area contributed by atoms with E-state index in [9.17, 15) is 4.79 Å². The number of hydrogen-bond donors (Lipinski definition) is 0. The van der Waals surface area contributed by atoms with Crippen molar-refractivity contribution in [1.29, 1.82) is 0 Å². The van der Waals surface area contributed by atoms with Gasteiger partial charge in [0, 0.05) is 36.9 Å². The summed E-state index contributed by atoms with van der Waals surface area (Å²) in [4.78, 5) is 15.3. The second kappa shape index (κ2) is 5.75. The molecule has 1 heterocycles. The van der Waals surface area contributed by atoms with Crippen LogP contribution < -0.4 is 0 Å². The lowest BCUT2D eigenvalue weighted by atomic mass is 9.56. The molecule has 0 N–H and O–H groups in total. The molecule has 1 saturated heterocycles. The average Bonchev–Trinajstić information content (AvgIpc) is 3.00. The smallest absolute Gasteiger partial charge is 0.225 e. The Balaban J connectivity index is 1.42. The Morgan fingerprint density at radius 3 is 2.57 bits per heavy atom. The number of rotatable bonds is 2. The molecule has 0 radical (unpaired) electrons. The normalized spacial score (nSPS) is 44.8. The van der Waals surface area contributed by atoms with E-state index in [4.69, 9.17) is 4.74 Å². The highest BCUT2D eigenvalue weighted by atomic mass is 16.5. The summed E-state index contributed by atoms with van der Waals surface area (Å²) in [6, 6.07) is 0.381. The van der Waals surface area contributed by atoms with Crippen LogP contribution in [0.3, 0.4) is 0 Å². The lowest BCUT2D eigenvalue weighted by Crippen LogP contribution is -2.67. The number of nitrogens with zero attached hydrogens (tertiary/aromatic N) is 1. The average molecular weight is 319 g/mol. The number of amides is 1. The van der Waals surface area contributed by atoms with E-state index in [1.54, 1.807) is 0 Å². The molecule has 3 heteroatoms. The van der Waals surface area contributed by atoms with E-state index in [-0.39, 0.29) is 11.3 Å². The van der Waals surface area contributed by atoms with Gasteiger partial charge in [0.25, 0.3) is 0 Å². The lowest BCUT2D eigenvalue weighted by molar-refractivity contribution is -0.171. The lowest BCUT2D eigenvalue weighted by Gasteiger charge is -2.58. The molecule has 23 heavy (non-hydrogen) atoms. The SMILES string of the molecule is CN(C(=O)[C@@H]1CC[C@@H]2CCCC[C@@H]2C1)[C@@H]1[C@H]2CCO[C@H]2C1(C)C. The Bertz CT molecular complexity index is 474. The van der Waals surface area contributed by atoms with Crippen molar-refractivity contribution >= 4 is 5.91 Å². The third-order valence-electron chi connectivity index (χ3n) is 7.69. The van der Waals surface area contributed by atoms with Crippen molar-refractivity contribution < 1.29 is 9.53 Å². The van der Waals surface area contributed by atoms with Gasteiger partial charge < -0.3 is 9.64 Å². The standard InChI is InChI=1S/C20H33NO2/c1-20(2)17(16-10-11-23-18(16)20)21(3)19(22)15-9-8-13-6-4-5-7-14(13)12-15/h13-18H,4-12H2,1-3H3/t13-,14+,15+,16+,17+,18+/m0/s1. The van der Waals surface area contributed by atoms with Crippen LogP contribution in [-0.2, 0) is 9.53 Å². The molecular formula is C20H33NO2. The van der Waals surface area contributed by atoms with E-state index < -0.39 is 0 Å². The maximum Gasteiger partial charge on any atom is 0.225 e. The van der Waals surface area contributed by atoms with Crippen LogP contribution in [0.5, 0.6) is 0 Å². The van der Waals surface area contributed by atoms with E-state index >= 15 is 0 Å². The summed E-state index contributed by atoms with van der Waals surface area (Å²) in [6.07, 6.45) is 10.7. The van der Waals surface area contributed by atoms with Gasteiger partial charge in [0.15, 0.2) is 0 Å². The monoisotopic (exact) mass is 319 g/mol. The van der Waals surface area contributed by atoms with Crippen molar-refractivity contribution in [2.24, 2.45) is 29.1 Å². The topological polar surface area (TPSA) is 29.5 Å². The molecule has 130 valence electrons. The number of carbonyl (C=O) groups is 1. The molecule has 6 atom stereocenters. The predicted molar refractivity (Wildman–Crippen MR) is 91.0 cm³/mol. The van der Waals surface area contributed by atoms with Crippen molar-refractivity contribution in [2.45, 2.75) is 77.4 Å². The van der Waals surface area contributed by atoms with Gasteiger partial charge in [-0.3, -0.25) is 4.79 Å². The minimum Gasteiger partial charge on any atom is -0.377 e. The minimum atomic E-state index is 0.119. The first-order valence-electron chi connectivity index (χ1n) is 9.88. The molecule has 1 aliphatic heterocycles. The van der Waals surface area contributed by atoms with Crippen molar-refractivity contribution in [3.63, 3.8) is 0 Å². The summed E-state index contributed by atoms with van der Waals surface area (Å²) >= 11 is 0. The molecule has 3 saturated carbocycles. The van der Waals surface area contributed by atoms with Gasteiger partial charge in [-0.2, -0.15) is 0 Å². The highest BCUT2D eigenvalue weighted by Gasteiger charge is 2.61. The first-order chi connectivity index (χ1) is 11.0. The maximum absolute atomic E-state index is 13.2. The fourth-order valence-corrected chi connectivity index (χ4v) is 6.61. The minimum absolute atomic E-state index is 0.119. The molecule has 0 unspecified atom stereocenters. The van der Waals surface area contributed by atoms with Crippen LogP contribution in [0.2, 0.25) is 0 Å². The molecule has 4 fully saturated rings. The van der Waals surface area contributed by atoms with Gasteiger partial charge in [-0.1, -0.05) is 39.5 Å². The van der Waals surface area contributed by atoms with E-state index in [2.05, 4.69) is 25.8 Å². The first kappa shape index (κ1) is 15.9. The largest absolute Gasteiger partial charge is 0.377 e. The van der Waals surface area contributed by atoms with Crippen LogP contribution in [0.15, 0.2) is 0 Å². The van der Waals surface area contributed by atoms with Crippen molar-refractivity contribution in [3.05, 3.63) is 0 Å². The fraction of sp³-hybridized carbons (Fsp3) is 0.950. The van der Waals surface area contributed by atoms with Gasteiger partial charge in [0.1, 0.15) is 0 Å². The number of ether oxygens (including phenoxy) is 1. The molecule has 3 nitrogen and oxygen atoms in total. The summed E-state index contributed by atoms with van der Waals surface area (Å²) in [7, 11) is 2.07. The second-order valence-corrected chi connectivity index (χ2v) is 9.27. The Labute approximate surface area is 141 Å². The Morgan fingerprint density at radius 1 is 1.04 bits per heavy atom. The third kappa shape index (κ3) is 2.45. The third-order valence-corrected chi connectivity index (χ3v) is 7.69. The van der Waals surface area contributed by atoms with E-state index in [0.717, 1.165) is 37.7 Å². The molecule has 1 amide bonds. The van der Waals surface area contributed by atoms with E-state index in [1.165, 1.54) is 32.1 Å². The summed E-state index contributed by atoms with van der Waals surface area (Å²) < 4.78 is 5.91. The van der Waals surface area contributed by atoms with E-state index in [1.807, 2.05) is 0 Å². The molecule has 0 bridgehead atoms. The summed E-state index contributed by atoms with van der Waals surface area (Å²) in [5.41, 5.74) is 0.119. The zero-order chi connectivity index (χ0) is 16.2. The molecule has 0 aromatic carbocycles. The molecule has 4 rings (SSSR count). The Hall–Kier alpha value is -0.570. The van der Waals surface area contributed by atoms with Crippen LogP contribution in [0.1, 0.15) is 65.2 Å². The highest BCUT2D eigenvalue weighted by molar-refractivity contribution is 5.79. The number of carbonyl (C=O) groups excluding carboxylic acids is 1. The van der Waals surface area contributed by atoms with Crippen molar-refractivity contribution in [3.8, 4) is 0 Å². The van der Waals surface area contributed by atoms with Gasteiger partial charge in [0.05, 0.1) is 6.10 Å². The summed E-state index contributed by atoms with van der Waals surface area (Å²) in [6.45, 7) is 5.45. The maximum atomic E-state index is 13.2. The Morgan fingerprint density at radius 2 is 1.78 bits per heavy atom. The summed E-state index contributed by atoms with van der Waals surface area (Å²) in [5, 5.41) is 0. The second-order valence-electron chi connectivity index (χ2n) is 9.27. The van der Waals surface area contributed by atoms with Gasteiger partial charge in [-0.05, 0) is 37.5 Å². The molecular weight excluding hydrogens is 286 g/mol. The zero-order valence-electron chi connectivity index (χ0n) is 15.1. The quantitative estimate of drug-likeness (QED) is 0.773. The Kier molecular flexibility index (Phi) is 3.98. The number of hydrogen-bond acceptors (Lipinski definition) is 2. The molecule has 3 aliphatic carbocycles. The molecule has 0 aromatic rings.